The second-order valence-corrected chi connectivity index (χ2v) is 15.6. The fraction of sp³-hybridized carbons (Fsp3) is 0.594. The van der Waals surface area contributed by atoms with Gasteiger partial charge in [-0.1, -0.05) is 64.4 Å². The van der Waals surface area contributed by atoms with Gasteiger partial charge >= 0.3 is 6.09 Å². The molecule has 1 aromatic heterocycles. The van der Waals surface area contributed by atoms with Gasteiger partial charge in [0.1, 0.15) is 29.6 Å². The van der Waals surface area contributed by atoms with Crippen LogP contribution in [0, 0.1) is 11.8 Å². The molecule has 6 N–H and O–H groups in total. The minimum Gasteiger partial charge on any atom is -0.444 e. The van der Waals surface area contributed by atoms with Crippen LogP contribution < -0.4 is 21.3 Å². The lowest BCUT2D eigenvalue weighted by Crippen LogP contribution is -2.56. The molecule has 14 heteroatoms. The van der Waals surface area contributed by atoms with Crippen LogP contribution in [0.15, 0.2) is 42.9 Å². The summed E-state index contributed by atoms with van der Waals surface area (Å²) in [6.07, 6.45) is 2.51. The van der Waals surface area contributed by atoms with Crippen molar-refractivity contribution in [1.29, 1.82) is 0 Å². The van der Waals surface area contributed by atoms with E-state index in [2.05, 4.69) is 31.2 Å². The number of H-pyrrole nitrogens is 1. The highest BCUT2D eigenvalue weighted by Crippen LogP contribution is 2.47. The van der Waals surface area contributed by atoms with E-state index in [1.54, 1.807) is 45.0 Å². The molecule has 0 saturated carbocycles. The van der Waals surface area contributed by atoms with Crippen LogP contribution in [-0.4, -0.2) is 74.9 Å². The van der Waals surface area contributed by atoms with Crippen LogP contribution in [0.1, 0.15) is 72.6 Å². The lowest BCUT2D eigenvalue weighted by Gasteiger charge is -2.29. The number of carbonyl (C=O) groups excluding carboxylic acids is 4. The van der Waals surface area contributed by atoms with Gasteiger partial charge in [0, 0.05) is 31.3 Å². The summed E-state index contributed by atoms with van der Waals surface area (Å²) >= 11 is 0. The fourth-order valence-corrected chi connectivity index (χ4v) is 6.27. The molecule has 0 aliphatic heterocycles. The van der Waals surface area contributed by atoms with Crippen LogP contribution in [0.25, 0.3) is 0 Å². The molecule has 0 aliphatic rings. The molecule has 1 heterocycles. The highest BCUT2D eigenvalue weighted by Gasteiger charge is 2.37. The third-order valence-electron chi connectivity index (χ3n) is 7.11. The first-order chi connectivity index (χ1) is 21.5. The summed E-state index contributed by atoms with van der Waals surface area (Å²) in [5.41, 5.74) is 0.477. The zero-order valence-corrected chi connectivity index (χ0v) is 28.9. The standard InChI is InChI=1S/C32H51N6O7P/c1-8-22(4)17-34-27(39)19-46(43,44)28(14-21(2)3)38-30(41)26(16-24-18-33-20-35-24)36-29(40)25(15-23-12-10-9-11-13-23)37-31(42)45-32(5,6)7/h9-13,18,20-22,25-26,28H,8,14-17,19H2,1-7H3,(H,33,35)(H,34,39)(H,36,40)(H,37,42)(H,38,41)(H,43,44)/t22-,25-,26-,28+/m0/s1. The maximum atomic E-state index is 13.8. The molecule has 0 spiro atoms. The number of rotatable bonds is 17. The largest absolute Gasteiger partial charge is 0.444 e. The van der Waals surface area contributed by atoms with E-state index in [1.807, 2.05) is 33.8 Å². The molecule has 0 aliphatic carbocycles. The van der Waals surface area contributed by atoms with Crippen molar-refractivity contribution < 1.29 is 33.4 Å². The third kappa shape index (κ3) is 14.2. The SMILES string of the molecule is CC[C@H](C)CNC(=O)CP(=O)(O)[C@H](CC(C)C)NC(=O)[C@H](Cc1cnc[nH]1)NC(=O)[C@H](Cc1ccccc1)NC(=O)OC(C)(C)C. The van der Waals surface area contributed by atoms with Gasteiger partial charge in [-0.25, -0.2) is 9.78 Å². The van der Waals surface area contributed by atoms with E-state index < -0.39 is 60.8 Å². The number of benzene rings is 1. The van der Waals surface area contributed by atoms with Gasteiger partial charge in [-0.05, 0) is 44.6 Å². The number of carbonyl (C=O) groups is 4. The van der Waals surface area contributed by atoms with E-state index in [-0.39, 0.29) is 31.1 Å². The van der Waals surface area contributed by atoms with Crippen molar-refractivity contribution in [2.75, 3.05) is 12.7 Å². The lowest BCUT2D eigenvalue weighted by molar-refractivity contribution is -0.130. The minimum absolute atomic E-state index is 0.0262. The Balaban J connectivity index is 2.31. The van der Waals surface area contributed by atoms with Crippen molar-refractivity contribution in [1.82, 2.24) is 31.2 Å². The first kappa shape index (κ1) is 38.5. The van der Waals surface area contributed by atoms with E-state index in [9.17, 15) is 28.6 Å². The van der Waals surface area contributed by atoms with Gasteiger partial charge < -0.3 is 35.9 Å². The Morgan fingerprint density at radius 1 is 0.978 bits per heavy atom. The molecule has 2 aromatic rings. The first-order valence-corrected chi connectivity index (χ1v) is 17.6. The molecule has 5 atom stereocenters. The minimum atomic E-state index is -4.23. The number of nitrogens with one attached hydrogen (secondary N) is 5. The fourth-order valence-electron chi connectivity index (χ4n) is 4.45. The summed E-state index contributed by atoms with van der Waals surface area (Å²) in [5.74, 6) is -3.09. The van der Waals surface area contributed by atoms with E-state index in [0.717, 1.165) is 12.0 Å². The van der Waals surface area contributed by atoms with Crippen molar-refractivity contribution in [3.05, 3.63) is 54.1 Å². The normalized spacial score (nSPS) is 15.5. The highest BCUT2D eigenvalue weighted by molar-refractivity contribution is 7.59. The Hall–Kier alpha value is -3.70. The van der Waals surface area contributed by atoms with Crippen molar-refractivity contribution in [3.8, 4) is 0 Å². The van der Waals surface area contributed by atoms with Crippen LogP contribution in [-0.2, 0) is 36.5 Å². The van der Waals surface area contributed by atoms with E-state index in [1.165, 1.54) is 12.5 Å². The number of aromatic amines is 1. The predicted molar refractivity (Wildman–Crippen MR) is 176 cm³/mol. The summed E-state index contributed by atoms with van der Waals surface area (Å²) < 4.78 is 18.9. The molecule has 0 radical (unpaired) electrons. The van der Waals surface area contributed by atoms with Crippen LogP contribution in [0.4, 0.5) is 4.79 Å². The number of hydrogen-bond donors (Lipinski definition) is 6. The van der Waals surface area contributed by atoms with Crippen molar-refractivity contribution in [2.24, 2.45) is 11.8 Å². The van der Waals surface area contributed by atoms with Crippen LogP contribution in [0.3, 0.4) is 0 Å². The zero-order chi connectivity index (χ0) is 34.5. The average molecular weight is 663 g/mol. The number of nitrogens with zero attached hydrogens (tertiary/aromatic N) is 1. The lowest BCUT2D eigenvalue weighted by atomic mass is 10.0. The molecule has 13 nitrogen and oxygen atoms in total. The smallest absolute Gasteiger partial charge is 0.408 e. The van der Waals surface area contributed by atoms with Gasteiger partial charge in [-0.15, -0.1) is 0 Å². The van der Waals surface area contributed by atoms with Gasteiger partial charge in [0.2, 0.25) is 25.1 Å². The van der Waals surface area contributed by atoms with E-state index in [0.29, 0.717) is 12.2 Å². The van der Waals surface area contributed by atoms with Crippen LogP contribution in [0.2, 0.25) is 0 Å². The Morgan fingerprint density at radius 3 is 2.17 bits per heavy atom. The summed E-state index contributed by atoms with van der Waals surface area (Å²) in [6.45, 7) is 13.1. The number of hydrogen-bond acceptors (Lipinski definition) is 7. The number of amides is 4. The van der Waals surface area contributed by atoms with Crippen molar-refractivity contribution in [3.63, 3.8) is 0 Å². The summed E-state index contributed by atoms with van der Waals surface area (Å²) in [5, 5.41) is 10.7. The van der Waals surface area contributed by atoms with E-state index >= 15 is 0 Å². The molecule has 0 bridgehead atoms. The quantitative estimate of drug-likeness (QED) is 0.139. The third-order valence-corrected chi connectivity index (χ3v) is 9.16. The second-order valence-electron chi connectivity index (χ2n) is 13.1. The second kappa shape index (κ2) is 17.9. The summed E-state index contributed by atoms with van der Waals surface area (Å²) in [6, 6.07) is 6.71. The molecule has 256 valence electrons. The number of ether oxygens (including phenoxy) is 1. The molecule has 2 rings (SSSR count). The van der Waals surface area contributed by atoms with Gasteiger partial charge in [0.15, 0.2) is 0 Å². The molecular weight excluding hydrogens is 611 g/mol. The highest BCUT2D eigenvalue weighted by atomic mass is 31.2. The summed E-state index contributed by atoms with van der Waals surface area (Å²) in [7, 11) is -4.23. The topological polar surface area (TPSA) is 192 Å². The average Bonchev–Trinajstić information content (AvgIpc) is 3.47. The monoisotopic (exact) mass is 662 g/mol. The van der Waals surface area contributed by atoms with Gasteiger partial charge in [0.25, 0.3) is 0 Å². The Kier molecular flexibility index (Phi) is 14.9. The number of imidazole rings is 1. The molecule has 1 aromatic carbocycles. The number of alkyl carbamates (subject to hydrolysis) is 1. The van der Waals surface area contributed by atoms with Crippen molar-refractivity contribution in [2.45, 2.75) is 97.6 Å². The maximum Gasteiger partial charge on any atom is 0.408 e. The molecule has 1 unspecified atom stereocenters. The predicted octanol–water partition coefficient (Wildman–Crippen LogP) is 3.49. The molecule has 4 amide bonds. The molecular formula is C32H51N6O7P. The van der Waals surface area contributed by atoms with E-state index in [4.69, 9.17) is 4.74 Å². The summed E-state index contributed by atoms with van der Waals surface area (Å²) in [4.78, 5) is 70.7. The zero-order valence-electron chi connectivity index (χ0n) is 28.0. The van der Waals surface area contributed by atoms with Gasteiger partial charge in [0.05, 0.1) is 6.33 Å². The first-order valence-electron chi connectivity index (χ1n) is 15.7. The maximum absolute atomic E-state index is 13.8. The van der Waals surface area contributed by atoms with Crippen molar-refractivity contribution >= 4 is 31.2 Å². The molecule has 0 fully saturated rings. The number of aromatic nitrogens is 2. The van der Waals surface area contributed by atoms with Crippen LogP contribution >= 0.6 is 7.37 Å². The Labute approximate surface area is 271 Å². The molecule has 46 heavy (non-hydrogen) atoms. The van der Waals surface area contributed by atoms with Gasteiger partial charge in [-0.2, -0.15) is 0 Å². The Morgan fingerprint density at radius 2 is 1.61 bits per heavy atom. The van der Waals surface area contributed by atoms with Gasteiger partial charge in [-0.3, -0.25) is 18.9 Å². The van der Waals surface area contributed by atoms with Crippen LogP contribution in [0.5, 0.6) is 0 Å². The Bertz CT molecular complexity index is 1310. The molecule has 0 saturated heterocycles.